The van der Waals surface area contributed by atoms with Crippen LogP contribution in [0.25, 0.3) is 0 Å². The van der Waals surface area contributed by atoms with E-state index >= 15 is 0 Å². The van der Waals surface area contributed by atoms with Crippen LogP contribution in [-0.4, -0.2) is 17.3 Å². The van der Waals surface area contributed by atoms with Gasteiger partial charge >= 0.3 is 0 Å². The predicted molar refractivity (Wildman–Crippen MR) is 67.6 cm³/mol. The zero-order valence-electron chi connectivity index (χ0n) is 10.6. The number of Topliss-reactive ketones (excluding diaryl/α,β-unsaturated/α-hetero) is 3. The Labute approximate surface area is 106 Å². The highest BCUT2D eigenvalue weighted by Crippen LogP contribution is 2.27. The lowest BCUT2D eigenvalue weighted by Gasteiger charge is -2.19. The van der Waals surface area contributed by atoms with Crippen LogP contribution in [0.4, 0.5) is 0 Å². The van der Waals surface area contributed by atoms with E-state index < -0.39 is 0 Å². The average molecular weight is 242 g/mol. The third-order valence-corrected chi connectivity index (χ3v) is 3.13. The number of hydrogen-bond donors (Lipinski definition) is 0. The molecule has 0 heterocycles. The smallest absolute Gasteiger partial charge is 0.197 e. The summed E-state index contributed by atoms with van der Waals surface area (Å²) in [5.41, 5.74) is 1.03. The molecule has 18 heavy (non-hydrogen) atoms. The van der Waals surface area contributed by atoms with E-state index in [1.165, 1.54) is 0 Å². The minimum Gasteiger partial charge on any atom is -0.294 e. The Hall–Kier alpha value is -2.03. The summed E-state index contributed by atoms with van der Waals surface area (Å²) in [7, 11) is 0. The molecular formula is C15H14O3. The summed E-state index contributed by atoms with van der Waals surface area (Å²) in [6.07, 6.45) is 0. The van der Waals surface area contributed by atoms with Gasteiger partial charge in [-0.3, -0.25) is 14.4 Å². The van der Waals surface area contributed by atoms with Gasteiger partial charge in [0, 0.05) is 22.6 Å². The first-order chi connectivity index (χ1) is 8.45. The van der Waals surface area contributed by atoms with E-state index in [1.807, 2.05) is 0 Å². The SMILES string of the molecule is CC1=C(C(=O)C(C)C)C(=O)c2ccccc2C1=O. The number of ketones is 3. The van der Waals surface area contributed by atoms with Gasteiger partial charge in [0.2, 0.25) is 0 Å². The van der Waals surface area contributed by atoms with Crippen LogP contribution in [-0.2, 0) is 4.79 Å². The number of carbonyl (C=O) groups is 3. The molecule has 92 valence electrons. The van der Waals surface area contributed by atoms with E-state index in [0.717, 1.165) is 0 Å². The maximum Gasteiger partial charge on any atom is 0.197 e. The molecule has 1 aliphatic carbocycles. The van der Waals surface area contributed by atoms with Crippen molar-refractivity contribution in [3.8, 4) is 0 Å². The lowest BCUT2D eigenvalue weighted by Crippen LogP contribution is -2.27. The fourth-order valence-corrected chi connectivity index (χ4v) is 2.08. The molecular weight excluding hydrogens is 228 g/mol. The van der Waals surface area contributed by atoms with Crippen molar-refractivity contribution in [3.63, 3.8) is 0 Å². The lowest BCUT2D eigenvalue weighted by atomic mass is 9.81. The molecule has 3 nitrogen and oxygen atoms in total. The fraction of sp³-hybridized carbons (Fsp3) is 0.267. The molecule has 0 bridgehead atoms. The highest BCUT2D eigenvalue weighted by atomic mass is 16.2. The van der Waals surface area contributed by atoms with Crippen molar-refractivity contribution in [2.75, 3.05) is 0 Å². The number of fused-ring (bicyclic) bond motifs is 1. The number of carbonyl (C=O) groups excluding carboxylic acids is 3. The first-order valence-corrected chi connectivity index (χ1v) is 5.88. The fourth-order valence-electron chi connectivity index (χ4n) is 2.08. The summed E-state index contributed by atoms with van der Waals surface area (Å²) in [6, 6.07) is 6.63. The average Bonchev–Trinajstić information content (AvgIpc) is 2.36. The molecule has 2 rings (SSSR count). The maximum absolute atomic E-state index is 12.3. The summed E-state index contributed by atoms with van der Waals surface area (Å²) >= 11 is 0. The zero-order valence-corrected chi connectivity index (χ0v) is 10.6. The minimum atomic E-state index is -0.332. The second kappa shape index (κ2) is 4.33. The van der Waals surface area contributed by atoms with Crippen LogP contribution in [0.1, 0.15) is 41.5 Å². The Bertz CT molecular complexity index is 592. The Morgan fingerprint density at radius 2 is 1.50 bits per heavy atom. The minimum absolute atomic E-state index is 0.0497. The zero-order chi connectivity index (χ0) is 13.4. The second-order valence-corrected chi connectivity index (χ2v) is 4.72. The van der Waals surface area contributed by atoms with Gasteiger partial charge in [-0.2, -0.15) is 0 Å². The van der Waals surface area contributed by atoms with Crippen LogP contribution in [0.2, 0.25) is 0 Å². The van der Waals surface area contributed by atoms with Crippen LogP contribution >= 0.6 is 0 Å². The van der Waals surface area contributed by atoms with Crippen molar-refractivity contribution >= 4 is 17.3 Å². The lowest BCUT2D eigenvalue weighted by molar-refractivity contribution is -0.118. The maximum atomic E-state index is 12.3. The van der Waals surface area contributed by atoms with Crippen molar-refractivity contribution in [2.24, 2.45) is 5.92 Å². The van der Waals surface area contributed by atoms with Gasteiger partial charge < -0.3 is 0 Å². The van der Waals surface area contributed by atoms with Gasteiger partial charge in [0.05, 0.1) is 5.57 Å². The summed E-state index contributed by atoms with van der Waals surface area (Å²) in [4.78, 5) is 36.5. The standard InChI is InChI=1S/C15H14O3/c1-8(2)13(16)12-9(3)14(17)10-6-4-5-7-11(10)15(12)18/h4-8H,1-3H3. The van der Waals surface area contributed by atoms with Gasteiger partial charge in [-0.15, -0.1) is 0 Å². The monoisotopic (exact) mass is 242 g/mol. The summed E-state index contributed by atoms with van der Waals surface area (Å²) in [5, 5.41) is 0. The Morgan fingerprint density at radius 1 is 1.00 bits per heavy atom. The normalized spacial score (nSPS) is 15.1. The molecule has 3 heteroatoms. The van der Waals surface area contributed by atoms with Crippen molar-refractivity contribution in [2.45, 2.75) is 20.8 Å². The Balaban J connectivity index is 2.64. The molecule has 1 aromatic rings. The van der Waals surface area contributed by atoms with Crippen LogP contribution in [0.5, 0.6) is 0 Å². The number of rotatable bonds is 2. The van der Waals surface area contributed by atoms with Gasteiger partial charge in [0.25, 0.3) is 0 Å². The van der Waals surface area contributed by atoms with Crippen LogP contribution in [0.3, 0.4) is 0 Å². The van der Waals surface area contributed by atoms with Crippen LogP contribution in [0, 0.1) is 5.92 Å². The van der Waals surface area contributed by atoms with Gasteiger partial charge in [-0.05, 0) is 6.92 Å². The summed E-state index contributed by atoms with van der Waals surface area (Å²) in [5.74, 6) is -1.12. The highest BCUT2D eigenvalue weighted by molar-refractivity contribution is 6.36. The van der Waals surface area contributed by atoms with Gasteiger partial charge in [0.1, 0.15) is 0 Å². The number of benzene rings is 1. The van der Waals surface area contributed by atoms with Crippen molar-refractivity contribution in [1.82, 2.24) is 0 Å². The van der Waals surface area contributed by atoms with Gasteiger partial charge in [-0.1, -0.05) is 38.1 Å². The third-order valence-electron chi connectivity index (χ3n) is 3.13. The van der Waals surface area contributed by atoms with Crippen LogP contribution in [0.15, 0.2) is 35.4 Å². The first kappa shape index (κ1) is 12.4. The van der Waals surface area contributed by atoms with E-state index in [1.54, 1.807) is 45.0 Å². The second-order valence-electron chi connectivity index (χ2n) is 4.72. The Kier molecular flexibility index (Phi) is 2.99. The van der Waals surface area contributed by atoms with E-state index in [2.05, 4.69) is 0 Å². The quantitative estimate of drug-likeness (QED) is 0.749. The summed E-state index contributed by atoms with van der Waals surface area (Å²) < 4.78 is 0. The number of hydrogen-bond acceptors (Lipinski definition) is 3. The van der Waals surface area contributed by atoms with Crippen molar-refractivity contribution < 1.29 is 14.4 Å². The molecule has 0 unspecified atom stereocenters. The molecule has 0 atom stereocenters. The van der Waals surface area contributed by atoms with Crippen molar-refractivity contribution in [3.05, 3.63) is 46.5 Å². The van der Waals surface area contributed by atoms with Crippen molar-refractivity contribution in [1.29, 1.82) is 0 Å². The van der Waals surface area contributed by atoms with E-state index in [-0.39, 0.29) is 34.4 Å². The van der Waals surface area contributed by atoms with E-state index in [0.29, 0.717) is 11.1 Å². The molecule has 0 spiro atoms. The molecule has 0 N–H and O–H groups in total. The first-order valence-electron chi connectivity index (χ1n) is 5.88. The Morgan fingerprint density at radius 3 is 2.00 bits per heavy atom. The topological polar surface area (TPSA) is 51.2 Å². The summed E-state index contributed by atoms with van der Waals surface area (Å²) in [6.45, 7) is 4.99. The van der Waals surface area contributed by atoms with E-state index in [4.69, 9.17) is 0 Å². The molecule has 0 radical (unpaired) electrons. The molecule has 0 aliphatic heterocycles. The molecule has 0 amide bonds. The molecule has 0 aromatic heterocycles. The molecule has 0 saturated carbocycles. The molecule has 1 aromatic carbocycles. The van der Waals surface area contributed by atoms with Crippen LogP contribution < -0.4 is 0 Å². The molecule has 0 saturated heterocycles. The largest absolute Gasteiger partial charge is 0.294 e. The van der Waals surface area contributed by atoms with E-state index in [9.17, 15) is 14.4 Å². The number of allylic oxidation sites excluding steroid dienone is 2. The molecule has 0 fully saturated rings. The third kappa shape index (κ3) is 1.72. The van der Waals surface area contributed by atoms with Gasteiger partial charge in [0.15, 0.2) is 17.3 Å². The van der Waals surface area contributed by atoms with Gasteiger partial charge in [-0.25, -0.2) is 0 Å². The molecule has 1 aliphatic rings. The predicted octanol–water partition coefficient (Wildman–Crippen LogP) is 2.61. The highest BCUT2D eigenvalue weighted by Gasteiger charge is 2.33.